The van der Waals surface area contributed by atoms with Crippen molar-refractivity contribution in [3.8, 4) is 0 Å². The van der Waals surface area contributed by atoms with Crippen LogP contribution in [0.15, 0.2) is 0 Å². The van der Waals surface area contributed by atoms with E-state index in [0.29, 0.717) is 26.1 Å². The van der Waals surface area contributed by atoms with Gasteiger partial charge in [0.2, 0.25) is 5.91 Å². The predicted molar refractivity (Wildman–Crippen MR) is 49.3 cm³/mol. The van der Waals surface area contributed by atoms with Gasteiger partial charge in [0.25, 0.3) is 0 Å². The number of carbonyl (C=O) groups is 1. The molecular formula is C9H15F3N2O. The van der Waals surface area contributed by atoms with Gasteiger partial charge in [-0.05, 0) is 19.9 Å². The van der Waals surface area contributed by atoms with Gasteiger partial charge in [0.15, 0.2) is 0 Å². The van der Waals surface area contributed by atoms with Crippen molar-refractivity contribution >= 4 is 5.91 Å². The lowest BCUT2D eigenvalue weighted by molar-refractivity contribution is -0.185. The Kier molecular flexibility index (Phi) is 3.96. The summed E-state index contributed by atoms with van der Waals surface area (Å²) in [7, 11) is 0. The van der Waals surface area contributed by atoms with Gasteiger partial charge in [0.1, 0.15) is 5.92 Å². The van der Waals surface area contributed by atoms with Crippen LogP contribution in [0.25, 0.3) is 0 Å². The fraction of sp³-hybridized carbons (Fsp3) is 0.889. The van der Waals surface area contributed by atoms with E-state index in [-0.39, 0.29) is 0 Å². The molecule has 3 nitrogen and oxygen atoms in total. The summed E-state index contributed by atoms with van der Waals surface area (Å²) in [6, 6.07) is 0. The zero-order valence-electron chi connectivity index (χ0n) is 8.60. The van der Waals surface area contributed by atoms with Crippen LogP contribution < -0.4 is 5.32 Å². The first-order valence-electron chi connectivity index (χ1n) is 4.99. The first-order valence-corrected chi connectivity index (χ1v) is 4.99. The number of halogens is 3. The average Bonchev–Trinajstić information content (AvgIpc) is 2.42. The van der Waals surface area contributed by atoms with Crippen molar-refractivity contribution in [2.24, 2.45) is 5.92 Å². The molecule has 1 fully saturated rings. The highest BCUT2D eigenvalue weighted by atomic mass is 19.4. The van der Waals surface area contributed by atoms with Gasteiger partial charge in [-0.15, -0.1) is 0 Å². The van der Waals surface area contributed by atoms with Crippen molar-refractivity contribution in [3.63, 3.8) is 0 Å². The number of hydrogen-bond donors (Lipinski definition) is 1. The van der Waals surface area contributed by atoms with E-state index < -0.39 is 18.0 Å². The number of carbonyl (C=O) groups excluding carboxylic acids is 1. The summed E-state index contributed by atoms with van der Waals surface area (Å²) in [6.07, 6.45) is -3.73. The monoisotopic (exact) mass is 224 g/mol. The minimum Gasteiger partial charge on any atom is -0.341 e. The quantitative estimate of drug-likeness (QED) is 0.721. The van der Waals surface area contributed by atoms with Crippen molar-refractivity contribution < 1.29 is 18.0 Å². The number of alkyl halides is 3. The second-order valence-corrected chi connectivity index (χ2v) is 3.69. The second kappa shape index (κ2) is 4.83. The highest BCUT2D eigenvalue weighted by Gasteiger charge is 2.42. The van der Waals surface area contributed by atoms with Crippen LogP contribution in [-0.2, 0) is 4.79 Å². The summed E-state index contributed by atoms with van der Waals surface area (Å²) in [6.45, 7) is 3.01. The molecule has 1 aliphatic heterocycles. The lowest BCUT2D eigenvalue weighted by Crippen LogP contribution is -2.42. The van der Waals surface area contributed by atoms with E-state index in [2.05, 4.69) is 5.32 Å². The molecule has 0 aromatic carbocycles. The normalized spacial score (nSPS) is 20.9. The van der Waals surface area contributed by atoms with Crippen LogP contribution in [0.5, 0.6) is 0 Å². The Bertz CT molecular complexity index is 222. The summed E-state index contributed by atoms with van der Waals surface area (Å²) < 4.78 is 36.9. The summed E-state index contributed by atoms with van der Waals surface area (Å²) in [4.78, 5) is 12.8. The number of rotatable bonds is 1. The number of nitrogens with zero attached hydrogens (tertiary/aromatic N) is 1. The van der Waals surface area contributed by atoms with Crippen LogP contribution in [-0.4, -0.2) is 43.2 Å². The largest absolute Gasteiger partial charge is 0.400 e. The molecule has 0 aromatic rings. The third-order valence-electron chi connectivity index (χ3n) is 2.51. The molecule has 1 heterocycles. The molecule has 1 N–H and O–H groups in total. The maximum Gasteiger partial charge on any atom is 0.400 e. The highest BCUT2D eigenvalue weighted by molar-refractivity contribution is 5.79. The van der Waals surface area contributed by atoms with Crippen LogP contribution in [0.1, 0.15) is 13.3 Å². The van der Waals surface area contributed by atoms with Crippen molar-refractivity contribution in [2.75, 3.05) is 26.2 Å². The molecule has 88 valence electrons. The van der Waals surface area contributed by atoms with Gasteiger partial charge in [-0.3, -0.25) is 4.79 Å². The Hall–Kier alpha value is -0.780. The molecule has 6 heteroatoms. The minimum absolute atomic E-state index is 0.360. The molecule has 1 unspecified atom stereocenters. The molecular weight excluding hydrogens is 209 g/mol. The zero-order chi connectivity index (χ0) is 11.5. The lowest BCUT2D eigenvalue weighted by Gasteiger charge is -2.25. The molecule has 0 bridgehead atoms. The van der Waals surface area contributed by atoms with Gasteiger partial charge in [0.05, 0.1) is 0 Å². The van der Waals surface area contributed by atoms with Gasteiger partial charge in [-0.25, -0.2) is 0 Å². The van der Waals surface area contributed by atoms with Gasteiger partial charge in [0, 0.05) is 19.6 Å². The number of nitrogens with one attached hydrogen (secondary N) is 1. The fourth-order valence-electron chi connectivity index (χ4n) is 1.48. The molecule has 0 radical (unpaired) electrons. The van der Waals surface area contributed by atoms with E-state index in [0.717, 1.165) is 13.5 Å². The summed E-state index contributed by atoms with van der Waals surface area (Å²) in [5.41, 5.74) is 0. The van der Waals surface area contributed by atoms with E-state index in [9.17, 15) is 18.0 Å². The maximum absolute atomic E-state index is 12.3. The van der Waals surface area contributed by atoms with E-state index >= 15 is 0 Å². The highest BCUT2D eigenvalue weighted by Crippen LogP contribution is 2.27. The lowest BCUT2D eigenvalue weighted by atomic mass is 10.1. The first kappa shape index (κ1) is 12.3. The molecule has 0 aromatic heterocycles. The van der Waals surface area contributed by atoms with Crippen LogP contribution in [0.2, 0.25) is 0 Å². The Labute approximate surface area is 86.6 Å². The molecule has 0 aliphatic carbocycles. The van der Waals surface area contributed by atoms with E-state index in [1.165, 1.54) is 4.90 Å². The third kappa shape index (κ3) is 3.37. The van der Waals surface area contributed by atoms with Crippen LogP contribution in [0.3, 0.4) is 0 Å². The average molecular weight is 224 g/mol. The van der Waals surface area contributed by atoms with Crippen molar-refractivity contribution in [1.82, 2.24) is 10.2 Å². The van der Waals surface area contributed by atoms with E-state index in [4.69, 9.17) is 0 Å². The van der Waals surface area contributed by atoms with Gasteiger partial charge >= 0.3 is 6.18 Å². The predicted octanol–water partition coefficient (Wildman–Crippen LogP) is 1.01. The van der Waals surface area contributed by atoms with Crippen molar-refractivity contribution in [3.05, 3.63) is 0 Å². The third-order valence-corrected chi connectivity index (χ3v) is 2.51. The molecule has 0 saturated carbocycles. The summed E-state index contributed by atoms with van der Waals surface area (Å²) in [5, 5.41) is 3.03. The summed E-state index contributed by atoms with van der Waals surface area (Å²) in [5.74, 6) is -2.71. The first-order chi connectivity index (χ1) is 6.93. The van der Waals surface area contributed by atoms with Crippen molar-refractivity contribution in [2.45, 2.75) is 19.5 Å². The standard InChI is InChI=1S/C9H15F3N2O/c1-7(9(10,11)12)8(15)14-5-2-3-13-4-6-14/h7,13H,2-6H2,1H3. The van der Waals surface area contributed by atoms with Crippen LogP contribution in [0, 0.1) is 5.92 Å². The van der Waals surface area contributed by atoms with Crippen LogP contribution >= 0.6 is 0 Å². The minimum atomic E-state index is -4.43. The molecule has 1 aliphatic rings. The molecule has 15 heavy (non-hydrogen) atoms. The van der Waals surface area contributed by atoms with E-state index in [1.54, 1.807) is 0 Å². The van der Waals surface area contributed by atoms with Gasteiger partial charge in [-0.2, -0.15) is 13.2 Å². The van der Waals surface area contributed by atoms with E-state index in [1.807, 2.05) is 0 Å². The number of hydrogen-bond acceptors (Lipinski definition) is 2. The van der Waals surface area contributed by atoms with Crippen molar-refractivity contribution in [1.29, 1.82) is 0 Å². The molecule has 1 rings (SSSR count). The Morgan fingerprint density at radius 2 is 2.00 bits per heavy atom. The Morgan fingerprint density at radius 3 is 2.60 bits per heavy atom. The SMILES string of the molecule is CC(C(=O)N1CCCNCC1)C(F)(F)F. The van der Waals surface area contributed by atoms with Gasteiger partial charge < -0.3 is 10.2 Å². The van der Waals surface area contributed by atoms with Gasteiger partial charge in [-0.1, -0.05) is 0 Å². The summed E-state index contributed by atoms with van der Waals surface area (Å²) >= 11 is 0. The Balaban J connectivity index is 2.58. The molecule has 0 spiro atoms. The fourth-order valence-corrected chi connectivity index (χ4v) is 1.48. The molecule has 1 atom stereocenters. The Morgan fingerprint density at radius 1 is 1.33 bits per heavy atom. The molecule has 1 saturated heterocycles. The molecule has 1 amide bonds. The maximum atomic E-state index is 12.3. The topological polar surface area (TPSA) is 32.3 Å². The smallest absolute Gasteiger partial charge is 0.341 e. The van der Waals surface area contributed by atoms with Crippen LogP contribution in [0.4, 0.5) is 13.2 Å². The zero-order valence-corrected chi connectivity index (χ0v) is 8.60. The second-order valence-electron chi connectivity index (χ2n) is 3.69. The number of amides is 1.